The van der Waals surface area contributed by atoms with Crippen molar-refractivity contribution >= 4 is 17.6 Å². The van der Waals surface area contributed by atoms with Gasteiger partial charge in [0.15, 0.2) is 5.82 Å². The molecule has 7 heteroatoms. The second-order valence-corrected chi connectivity index (χ2v) is 6.08. The van der Waals surface area contributed by atoms with Gasteiger partial charge in [0.2, 0.25) is 0 Å². The molecule has 2 aromatic rings. The SMILES string of the molecule is CC(C)(C)OC(=O)Nc1cn2c(n1)OCc1cc(N)ccc1-2. The largest absolute Gasteiger partial charge is 0.459 e. The average Bonchev–Trinajstić information content (AvgIpc) is 2.78. The number of nitrogens with two attached hydrogens (primary N) is 1. The zero-order valence-electron chi connectivity index (χ0n) is 12.7. The average molecular weight is 302 g/mol. The Balaban J connectivity index is 1.84. The number of carbonyl (C=O) groups is 1. The van der Waals surface area contributed by atoms with Gasteiger partial charge in [0.25, 0.3) is 0 Å². The first-order chi connectivity index (χ1) is 10.3. The summed E-state index contributed by atoms with van der Waals surface area (Å²) < 4.78 is 12.5. The van der Waals surface area contributed by atoms with Crippen LogP contribution in [0.15, 0.2) is 24.4 Å². The number of fused-ring (bicyclic) bond motifs is 3. The van der Waals surface area contributed by atoms with Crippen LogP contribution in [0.5, 0.6) is 6.01 Å². The molecule has 1 amide bonds. The Hall–Kier alpha value is -2.70. The molecule has 0 bridgehead atoms. The number of imidazole rings is 1. The van der Waals surface area contributed by atoms with E-state index >= 15 is 0 Å². The van der Waals surface area contributed by atoms with Crippen LogP contribution in [0.2, 0.25) is 0 Å². The molecule has 1 aliphatic rings. The zero-order chi connectivity index (χ0) is 15.9. The lowest BCUT2D eigenvalue weighted by molar-refractivity contribution is 0.0635. The summed E-state index contributed by atoms with van der Waals surface area (Å²) in [5, 5.41) is 2.60. The van der Waals surface area contributed by atoms with Crippen LogP contribution in [0.4, 0.5) is 16.3 Å². The lowest BCUT2D eigenvalue weighted by atomic mass is 10.1. The highest BCUT2D eigenvalue weighted by Crippen LogP contribution is 2.30. The molecule has 0 saturated carbocycles. The Morgan fingerprint density at radius 1 is 1.45 bits per heavy atom. The highest BCUT2D eigenvalue weighted by molar-refractivity contribution is 5.83. The van der Waals surface area contributed by atoms with Crippen LogP contribution in [-0.2, 0) is 11.3 Å². The van der Waals surface area contributed by atoms with Crippen molar-refractivity contribution in [3.8, 4) is 11.7 Å². The van der Waals surface area contributed by atoms with E-state index in [0.717, 1.165) is 11.3 Å². The van der Waals surface area contributed by atoms with E-state index in [9.17, 15) is 4.79 Å². The molecule has 3 N–H and O–H groups in total. The van der Waals surface area contributed by atoms with E-state index < -0.39 is 11.7 Å². The van der Waals surface area contributed by atoms with E-state index in [1.807, 2.05) is 18.2 Å². The number of ether oxygens (including phenoxy) is 2. The molecule has 0 atom stereocenters. The van der Waals surface area contributed by atoms with Gasteiger partial charge in [-0.1, -0.05) is 0 Å². The molecular formula is C15H18N4O3. The summed E-state index contributed by atoms with van der Waals surface area (Å²) in [6.45, 7) is 5.79. The predicted molar refractivity (Wildman–Crippen MR) is 82.2 cm³/mol. The number of amides is 1. The molecule has 1 aromatic heterocycles. The Morgan fingerprint density at radius 3 is 2.95 bits per heavy atom. The fourth-order valence-electron chi connectivity index (χ4n) is 2.20. The number of nitrogens with zero attached hydrogens (tertiary/aromatic N) is 2. The number of aromatic nitrogens is 2. The van der Waals surface area contributed by atoms with Gasteiger partial charge in [-0.05, 0) is 39.0 Å². The van der Waals surface area contributed by atoms with E-state index in [1.165, 1.54) is 0 Å². The van der Waals surface area contributed by atoms with Gasteiger partial charge < -0.3 is 15.2 Å². The summed E-state index contributed by atoms with van der Waals surface area (Å²) in [6.07, 6.45) is 1.13. The fourth-order valence-corrected chi connectivity index (χ4v) is 2.20. The van der Waals surface area contributed by atoms with Crippen LogP contribution in [-0.4, -0.2) is 21.2 Å². The molecule has 0 saturated heterocycles. The molecule has 7 nitrogen and oxygen atoms in total. The Labute approximate surface area is 128 Å². The number of hydrogen-bond donors (Lipinski definition) is 2. The number of anilines is 2. The van der Waals surface area contributed by atoms with Crippen molar-refractivity contribution < 1.29 is 14.3 Å². The van der Waals surface area contributed by atoms with E-state index in [4.69, 9.17) is 15.2 Å². The van der Waals surface area contributed by atoms with Crippen molar-refractivity contribution in [1.82, 2.24) is 9.55 Å². The van der Waals surface area contributed by atoms with Gasteiger partial charge >= 0.3 is 12.1 Å². The highest BCUT2D eigenvalue weighted by Gasteiger charge is 2.22. The van der Waals surface area contributed by atoms with E-state index in [1.54, 1.807) is 31.5 Å². The van der Waals surface area contributed by atoms with Gasteiger partial charge in [-0.2, -0.15) is 4.98 Å². The molecular weight excluding hydrogens is 284 g/mol. The van der Waals surface area contributed by atoms with Crippen LogP contribution in [0.3, 0.4) is 0 Å². The summed E-state index contributed by atoms with van der Waals surface area (Å²) >= 11 is 0. The zero-order valence-corrected chi connectivity index (χ0v) is 12.7. The lowest BCUT2D eigenvalue weighted by Crippen LogP contribution is -2.27. The monoisotopic (exact) mass is 302 g/mol. The maximum atomic E-state index is 11.8. The summed E-state index contributed by atoms with van der Waals surface area (Å²) in [5.74, 6) is 0.369. The number of hydrogen-bond acceptors (Lipinski definition) is 5. The summed E-state index contributed by atoms with van der Waals surface area (Å²) in [7, 11) is 0. The molecule has 2 heterocycles. The van der Waals surface area contributed by atoms with Gasteiger partial charge in [-0.15, -0.1) is 0 Å². The van der Waals surface area contributed by atoms with Crippen LogP contribution >= 0.6 is 0 Å². The minimum absolute atomic E-state index is 0.369. The van der Waals surface area contributed by atoms with Crippen molar-refractivity contribution in [2.24, 2.45) is 0 Å². The van der Waals surface area contributed by atoms with Crippen LogP contribution in [0.1, 0.15) is 26.3 Å². The second-order valence-electron chi connectivity index (χ2n) is 6.08. The van der Waals surface area contributed by atoms with E-state index in [-0.39, 0.29) is 0 Å². The molecule has 0 unspecified atom stereocenters. The first-order valence-electron chi connectivity index (χ1n) is 6.93. The topological polar surface area (TPSA) is 91.4 Å². The number of rotatable bonds is 1. The maximum absolute atomic E-state index is 11.8. The number of nitrogens with one attached hydrogen (secondary N) is 1. The molecule has 0 radical (unpaired) electrons. The third kappa shape index (κ3) is 2.83. The van der Waals surface area contributed by atoms with Gasteiger partial charge in [-0.25, -0.2) is 4.79 Å². The van der Waals surface area contributed by atoms with Crippen molar-refractivity contribution in [3.63, 3.8) is 0 Å². The van der Waals surface area contributed by atoms with Crippen molar-refractivity contribution in [2.45, 2.75) is 33.0 Å². The standard InChI is InChI=1S/C15H18N4O3/c1-15(2,3)22-14(20)18-12-7-19-11-5-4-10(16)6-9(11)8-21-13(19)17-12/h4-7H,8,16H2,1-3H3,(H,18,20). The normalized spacial score (nSPS) is 12.9. The summed E-state index contributed by atoms with van der Waals surface area (Å²) in [5.41, 5.74) is 7.79. The first-order valence-corrected chi connectivity index (χ1v) is 6.93. The third-order valence-corrected chi connectivity index (χ3v) is 3.02. The minimum Gasteiger partial charge on any atom is -0.459 e. The molecule has 116 valence electrons. The Bertz CT molecular complexity index is 731. The van der Waals surface area contributed by atoms with Crippen molar-refractivity contribution in [3.05, 3.63) is 30.0 Å². The van der Waals surface area contributed by atoms with Crippen LogP contribution in [0, 0.1) is 0 Å². The minimum atomic E-state index is -0.565. The van der Waals surface area contributed by atoms with Gasteiger partial charge in [0.1, 0.15) is 12.2 Å². The van der Waals surface area contributed by atoms with Gasteiger partial charge in [0, 0.05) is 11.3 Å². The summed E-state index contributed by atoms with van der Waals surface area (Å²) in [6, 6.07) is 5.99. The third-order valence-electron chi connectivity index (χ3n) is 3.02. The van der Waals surface area contributed by atoms with Gasteiger partial charge in [0.05, 0.1) is 11.9 Å². The van der Waals surface area contributed by atoms with E-state index in [2.05, 4.69) is 10.3 Å². The molecule has 3 rings (SSSR count). The van der Waals surface area contributed by atoms with Crippen LogP contribution in [0.25, 0.3) is 5.69 Å². The molecule has 1 aromatic carbocycles. The first kappa shape index (κ1) is 14.2. The molecule has 1 aliphatic heterocycles. The Kier molecular flexibility index (Phi) is 3.20. The Morgan fingerprint density at radius 2 is 2.23 bits per heavy atom. The highest BCUT2D eigenvalue weighted by atomic mass is 16.6. The van der Waals surface area contributed by atoms with E-state index in [0.29, 0.717) is 24.1 Å². The van der Waals surface area contributed by atoms with Crippen LogP contribution < -0.4 is 15.8 Å². The van der Waals surface area contributed by atoms with Gasteiger partial charge in [-0.3, -0.25) is 9.88 Å². The fraction of sp³-hybridized carbons (Fsp3) is 0.333. The molecule has 22 heavy (non-hydrogen) atoms. The second kappa shape index (κ2) is 4.94. The molecule has 0 fully saturated rings. The molecule has 0 spiro atoms. The van der Waals surface area contributed by atoms with Crippen molar-refractivity contribution in [2.75, 3.05) is 11.1 Å². The van der Waals surface area contributed by atoms with Crippen molar-refractivity contribution in [1.29, 1.82) is 0 Å². The lowest BCUT2D eigenvalue weighted by Gasteiger charge is -2.19. The quantitative estimate of drug-likeness (QED) is 0.790. The number of nitrogen functional groups attached to an aromatic ring is 1. The predicted octanol–water partition coefficient (Wildman–Crippen LogP) is 2.69. The smallest absolute Gasteiger partial charge is 0.413 e. The number of benzene rings is 1. The molecule has 0 aliphatic carbocycles. The summed E-state index contributed by atoms with van der Waals surface area (Å²) in [4.78, 5) is 16.0. The number of carbonyl (C=O) groups excluding carboxylic acids is 1. The maximum Gasteiger partial charge on any atom is 0.413 e.